The molecule has 55 heavy (non-hydrogen) atoms. The summed E-state index contributed by atoms with van der Waals surface area (Å²) >= 11 is 0. The molecule has 2 heterocycles. The van der Waals surface area contributed by atoms with E-state index < -0.39 is 0 Å². The van der Waals surface area contributed by atoms with Crippen molar-refractivity contribution in [1.29, 1.82) is 0 Å². The Balaban J connectivity index is 1.21. The lowest BCUT2D eigenvalue weighted by atomic mass is 9.92. The zero-order valence-corrected chi connectivity index (χ0v) is 29.6. The Bertz CT molecular complexity index is 3240. The maximum Gasteiger partial charge on any atom is 0.164 e. The Kier molecular flexibility index (Phi) is 7.14. The molecule has 0 radical (unpaired) electrons. The van der Waals surface area contributed by atoms with Crippen LogP contribution < -0.4 is 0 Å². The van der Waals surface area contributed by atoms with Gasteiger partial charge < -0.3 is 4.42 Å². The Morgan fingerprint density at radius 3 is 1.65 bits per heavy atom. The SMILES string of the molecule is c1ccc(-c2cccc(-c3cc(-c4nc(-c5ccccc5)nc(-c5cc6ccccc6c6c5ccc5ccccc56)n4)c4c(c3)oc3ccccc34)c2)cc1. The fraction of sp³-hybridized carbons (Fsp3) is 0. The van der Waals surface area contributed by atoms with Crippen LogP contribution in [-0.4, -0.2) is 15.0 Å². The van der Waals surface area contributed by atoms with Crippen molar-refractivity contribution in [2.24, 2.45) is 0 Å². The van der Waals surface area contributed by atoms with Crippen molar-refractivity contribution in [1.82, 2.24) is 15.0 Å². The van der Waals surface area contributed by atoms with Gasteiger partial charge in [0.25, 0.3) is 0 Å². The van der Waals surface area contributed by atoms with E-state index in [1.807, 2.05) is 36.4 Å². The minimum atomic E-state index is 0.587. The molecule has 0 aliphatic rings. The molecule has 11 aromatic rings. The van der Waals surface area contributed by atoms with Crippen molar-refractivity contribution >= 4 is 54.3 Å². The minimum absolute atomic E-state index is 0.587. The Hall–Kier alpha value is -7.43. The van der Waals surface area contributed by atoms with Crippen molar-refractivity contribution in [3.8, 4) is 56.4 Å². The van der Waals surface area contributed by atoms with Crippen LogP contribution in [0.25, 0.3) is 111 Å². The minimum Gasteiger partial charge on any atom is -0.456 e. The molecule has 0 saturated heterocycles. The average molecular weight is 702 g/mol. The van der Waals surface area contributed by atoms with Crippen molar-refractivity contribution in [3.05, 3.63) is 188 Å². The number of hydrogen-bond acceptors (Lipinski definition) is 4. The Morgan fingerprint density at radius 2 is 0.873 bits per heavy atom. The van der Waals surface area contributed by atoms with Gasteiger partial charge in [0.15, 0.2) is 17.5 Å². The molecule has 4 heteroatoms. The van der Waals surface area contributed by atoms with Gasteiger partial charge in [-0.2, -0.15) is 0 Å². The highest BCUT2D eigenvalue weighted by Crippen LogP contribution is 2.42. The van der Waals surface area contributed by atoms with Gasteiger partial charge in [-0.05, 0) is 84.9 Å². The van der Waals surface area contributed by atoms with Gasteiger partial charge in [0.2, 0.25) is 0 Å². The van der Waals surface area contributed by atoms with Crippen LogP contribution >= 0.6 is 0 Å². The van der Waals surface area contributed by atoms with Gasteiger partial charge in [-0.25, -0.2) is 15.0 Å². The molecule has 0 unspecified atom stereocenters. The predicted molar refractivity (Wildman–Crippen MR) is 227 cm³/mol. The summed E-state index contributed by atoms with van der Waals surface area (Å²) in [7, 11) is 0. The maximum atomic E-state index is 6.60. The molecular formula is C51H31N3O. The highest BCUT2D eigenvalue weighted by molar-refractivity contribution is 6.23. The molecule has 0 atom stereocenters. The van der Waals surface area contributed by atoms with Gasteiger partial charge in [0.1, 0.15) is 11.2 Å². The highest BCUT2D eigenvalue weighted by Gasteiger charge is 2.21. The lowest BCUT2D eigenvalue weighted by Gasteiger charge is -2.15. The van der Waals surface area contributed by atoms with Crippen LogP contribution in [-0.2, 0) is 0 Å². The number of benzene rings is 9. The highest BCUT2D eigenvalue weighted by atomic mass is 16.3. The molecular weight excluding hydrogens is 671 g/mol. The van der Waals surface area contributed by atoms with Crippen LogP contribution in [0.2, 0.25) is 0 Å². The molecule has 0 N–H and O–H groups in total. The lowest BCUT2D eigenvalue weighted by Crippen LogP contribution is -2.01. The van der Waals surface area contributed by atoms with Gasteiger partial charge in [0.05, 0.1) is 0 Å². The van der Waals surface area contributed by atoms with E-state index in [1.165, 1.54) is 27.1 Å². The molecule has 0 amide bonds. The standard InChI is InChI=1S/C51H31N3O/c1-3-14-32(15-4-1)35-20-13-21-36(28-35)38-30-44(48-42-24-11-12-25-45(42)55-46(48)31-38)51-53-49(34-17-5-2-6-18-34)52-50(54-51)43-29-37-19-8-10-23-40(37)47-39-22-9-7-16-33(39)26-27-41(43)47/h1-31H. The molecule has 0 bridgehead atoms. The summed E-state index contributed by atoms with van der Waals surface area (Å²) in [6.45, 7) is 0. The second-order valence-corrected chi connectivity index (χ2v) is 14.0. The zero-order chi connectivity index (χ0) is 36.3. The first-order valence-electron chi connectivity index (χ1n) is 18.5. The van der Waals surface area contributed by atoms with Crippen molar-refractivity contribution in [2.45, 2.75) is 0 Å². The quantitative estimate of drug-likeness (QED) is 0.168. The summed E-state index contributed by atoms with van der Waals surface area (Å²) in [5.41, 5.74) is 8.78. The summed E-state index contributed by atoms with van der Waals surface area (Å²) in [6, 6.07) is 65.7. The van der Waals surface area contributed by atoms with Crippen LogP contribution in [0.3, 0.4) is 0 Å². The third-order valence-electron chi connectivity index (χ3n) is 10.7. The first-order valence-corrected chi connectivity index (χ1v) is 18.5. The second kappa shape index (κ2) is 12.6. The topological polar surface area (TPSA) is 51.8 Å². The number of para-hydroxylation sites is 1. The third-order valence-corrected chi connectivity index (χ3v) is 10.7. The molecule has 11 rings (SSSR count). The molecule has 4 nitrogen and oxygen atoms in total. The van der Waals surface area contributed by atoms with E-state index >= 15 is 0 Å². The number of nitrogens with zero attached hydrogens (tertiary/aromatic N) is 3. The lowest BCUT2D eigenvalue weighted by molar-refractivity contribution is 0.669. The van der Waals surface area contributed by atoms with E-state index in [0.717, 1.165) is 66.1 Å². The van der Waals surface area contributed by atoms with Crippen LogP contribution in [0.5, 0.6) is 0 Å². The first-order chi connectivity index (χ1) is 27.2. The van der Waals surface area contributed by atoms with Crippen LogP contribution in [0.1, 0.15) is 0 Å². The molecule has 2 aromatic heterocycles. The molecule has 0 fully saturated rings. The van der Waals surface area contributed by atoms with E-state index in [4.69, 9.17) is 19.4 Å². The molecule has 9 aromatic carbocycles. The van der Waals surface area contributed by atoms with Crippen molar-refractivity contribution in [3.63, 3.8) is 0 Å². The van der Waals surface area contributed by atoms with Gasteiger partial charge >= 0.3 is 0 Å². The number of hydrogen-bond donors (Lipinski definition) is 0. The van der Waals surface area contributed by atoms with Crippen LogP contribution in [0.15, 0.2) is 192 Å². The maximum absolute atomic E-state index is 6.60. The normalized spacial score (nSPS) is 11.6. The third kappa shape index (κ3) is 5.26. The summed E-state index contributed by atoms with van der Waals surface area (Å²) in [5, 5.41) is 9.01. The monoisotopic (exact) mass is 701 g/mol. The number of aromatic nitrogens is 3. The van der Waals surface area contributed by atoms with Crippen LogP contribution in [0.4, 0.5) is 0 Å². The molecule has 0 saturated carbocycles. The Labute approximate surface area is 317 Å². The first kappa shape index (κ1) is 31.1. The second-order valence-electron chi connectivity index (χ2n) is 14.0. The molecule has 0 aliphatic heterocycles. The number of fused-ring (bicyclic) bond motifs is 8. The van der Waals surface area contributed by atoms with Gasteiger partial charge in [-0.3, -0.25) is 0 Å². The van der Waals surface area contributed by atoms with E-state index in [2.05, 4.69) is 152 Å². The smallest absolute Gasteiger partial charge is 0.164 e. The molecule has 0 aliphatic carbocycles. The largest absolute Gasteiger partial charge is 0.456 e. The molecule has 256 valence electrons. The molecule has 0 spiro atoms. The van der Waals surface area contributed by atoms with E-state index in [1.54, 1.807) is 0 Å². The van der Waals surface area contributed by atoms with Crippen molar-refractivity contribution < 1.29 is 4.42 Å². The number of furan rings is 1. The predicted octanol–water partition coefficient (Wildman–Crippen LogP) is 13.6. The van der Waals surface area contributed by atoms with Gasteiger partial charge in [-0.15, -0.1) is 0 Å². The van der Waals surface area contributed by atoms with Crippen LogP contribution in [0, 0.1) is 0 Å². The van der Waals surface area contributed by atoms with E-state index in [0.29, 0.717) is 17.5 Å². The van der Waals surface area contributed by atoms with Crippen molar-refractivity contribution in [2.75, 3.05) is 0 Å². The summed E-state index contributed by atoms with van der Waals surface area (Å²) < 4.78 is 6.60. The summed E-state index contributed by atoms with van der Waals surface area (Å²) in [4.78, 5) is 15.9. The summed E-state index contributed by atoms with van der Waals surface area (Å²) in [5.74, 6) is 1.82. The van der Waals surface area contributed by atoms with E-state index in [-0.39, 0.29) is 0 Å². The van der Waals surface area contributed by atoms with E-state index in [9.17, 15) is 0 Å². The summed E-state index contributed by atoms with van der Waals surface area (Å²) in [6.07, 6.45) is 0. The van der Waals surface area contributed by atoms with Gasteiger partial charge in [0, 0.05) is 27.5 Å². The fourth-order valence-corrected chi connectivity index (χ4v) is 8.09. The van der Waals surface area contributed by atoms with Gasteiger partial charge in [-0.1, -0.05) is 158 Å². The average Bonchev–Trinajstić information content (AvgIpc) is 3.65. The zero-order valence-electron chi connectivity index (χ0n) is 29.6. The number of rotatable bonds is 5. The fourth-order valence-electron chi connectivity index (χ4n) is 8.09. The Morgan fingerprint density at radius 1 is 0.291 bits per heavy atom.